The van der Waals surface area contributed by atoms with Crippen LogP contribution in [0, 0.1) is 6.92 Å². The fourth-order valence-corrected chi connectivity index (χ4v) is 1.63. The first kappa shape index (κ1) is 12.6. The summed E-state index contributed by atoms with van der Waals surface area (Å²) in [6.07, 6.45) is -0.907. The molecule has 0 unspecified atom stereocenters. The van der Waals surface area contributed by atoms with E-state index in [4.69, 9.17) is 14.3 Å². The van der Waals surface area contributed by atoms with Crippen LogP contribution in [0.15, 0.2) is 33.5 Å². The van der Waals surface area contributed by atoms with Crippen LogP contribution in [0.2, 0.25) is 0 Å². The Morgan fingerprint density at radius 1 is 1.39 bits per heavy atom. The summed E-state index contributed by atoms with van der Waals surface area (Å²) in [7, 11) is 0. The predicted octanol–water partition coefficient (Wildman–Crippen LogP) is 0.833. The molecule has 0 aliphatic rings. The lowest BCUT2D eigenvalue weighted by Crippen LogP contribution is -2.21. The van der Waals surface area contributed by atoms with Gasteiger partial charge in [0.05, 0.1) is 6.61 Å². The molecule has 2 aromatic rings. The van der Waals surface area contributed by atoms with Crippen LogP contribution in [-0.4, -0.2) is 29.5 Å². The molecule has 5 nitrogen and oxygen atoms in total. The Labute approximate surface area is 103 Å². The largest absolute Gasteiger partial charge is 0.491 e. The van der Waals surface area contributed by atoms with E-state index in [-0.39, 0.29) is 18.8 Å². The van der Waals surface area contributed by atoms with Crippen molar-refractivity contribution in [1.82, 2.24) is 0 Å². The second kappa shape index (κ2) is 5.20. The maximum Gasteiger partial charge on any atom is 0.336 e. The highest BCUT2D eigenvalue weighted by Crippen LogP contribution is 2.22. The summed E-state index contributed by atoms with van der Waals surface area (Å²) >= 11 is 0. The average molecular weight is 250 g/mol. The molecule has 0 fully saturated rings. The zero-order valence-electron chi connectivity index (χ0n) is 9.92. The molecule has 1 heterocycles. The summed E-state index contributed by atoms with van der Waals surface area (Å²) in [4.78, 5) is 11.2. The number of ether oxygens (including phenoxy) is 1. The molecule has 0 saturated carbocycles. The fraction of sp³-hybridized carbons (Fsp3) is 0.308. The third-order valence-corrected chi connectivity index (χ3v) is 2.57. The predicted molar refractivity (Wildman–Crippen MR) is 65.8 cm³/mol. The smallest absolute Gasteiger partial charge is 0.336 e. The zero-order valence-corrected chi connectivity index (χ0v) is 9.92. The van der Waals surface area contributed by atoms with E-state index in [1.165, 1.54) is 6.07 Å². The van der Waals surface area contributed by atoms with E-state index in [2.05, 4.69) is 0 Å². The number of aryl methyl sites for hydroxylation is 1. The number of aliphatic hydroxyl groups excluding tert-OH is 2. The van der Waals surface area contributed by atoms with Gasteiger partial charge in [-0.25, -0.2) is 4.79 Å². The van der Waals surface area contributed by atoms with E-state index in [1.54, 1.807) is 18.2 Å². The van der Waals surface area contributed by atoms with Gasteiger partial charge >= 0.3 is 5.63 Å². The van der Waals surface area contributed by atoms with E-state index in [0.29, 0.717) is 11.3 Å². The SMILES string of the molecule is Cc1cc(=O)oc2ccc(OC[C@H](O)CO)cc12. The van der Waals surface area contributed by atoms with Crippen LogP contribution >= 0.6 is 0 Å². The Bertz CT molecular complexity index is 602. The second-order valence-corrected chi connectivity index (χ2v) is 4.05. The second-order valence-electron chi connectivity index (χ2n) is 4.05. The molecule has 0 amide bonds. The molecule has 1 atom stereocenters. The summed E-state index contributed by atoms with van der Waals surface area (Å²) in [5, 5.41) is 18.7. The molecule has 18 heavy (non-hydrogen) atoms. The van der Waals surface area contributed by atoms with Crippen molar-refractivity contribution in [2.24, 2.45) is 0 Å². The van der Waals surface area contributed by atoms with E-state index < -0.39 is 6.10 Å². The normalized spacial score (nSPS) is 12.6. The first-order valence-electron chi connectivity index (χ1n) is 5.56. The lowest BCUT2D eigenvalue weighted by Gasteiger charge is -2.10. The number of hydrogen-bond donors (Lipinski definition) is 2. The first-order chi connectivity index (χ1) is 8.60. The number of aliphatic hydroxyl groups is 2. The number of benzene rings is 1. The van der Waals surface area contributed by atoms with Crippen molar-refractivity contribution in [1.29, 1.82) is 0 Å². The zero-order chi connectivity index (χ0) is 13.1. The summed E-state index contributed by atoms with van der Waals surface area (Å²) in [5.74, 6) is 0.548. The van der Waals surface area contributed by atoms with Crippen molar-refractivity contribution in [2.45, 2.75) is 13.0 Å². The van der Waals surface area contributed by atoms with Gasteiger partial charge in [0.1, 0.15) is 24.0 Å². The van der Waals surface area contributed by atoms with Gasteiger partial charge in [0.2, 0.25) is 0 Å². The highest BCUT2D eigenvalue weighted by molar-refractivity contribution is 5.81. The molecule has 2 N–H and O–H groups in total. The highest BCUT2D eigenvalue weighted by Gasteiger charge is 2.06. The van der Waals surface area contributed by atoms with Crippen molar-refractivity contribution >= 4 is 11.0 Å². The fourth-order valence-electron chi connectivity index (χ4n) is 1.63. The van der Waals surface area contributed by atoms with Gasteiger partial charge in [0, 0.05) is 11.5 Å². The van der Waals surface area contributed by atoms with Crippen LogP contribution in [0.5, 0.6) is 5.75 Å². The van der Waals surface area contributed by atoms with Crippen LogP contribution in [0.1, 0.15) is 5.56 Å². The molecular formula is C13H14O5. The van der Waals surface area contributed by atoms with Gasteiger partial charge in [-0.05, 0) is 30.7 Å². The summed E-state index contributed by atoms with van der Waals surface area (Å²) in [5.41, 5.74) is 0.911. The van der Waals surface area contributed by atoms with E-state index >= 15 is 0 Å². The minimum atomic E-state index is -0.907. The van der Waals surface area contributed by atoms with Crippen molar-refractivity contribution in [3.05, 3.63) is 40.2 Å². The molecule has 1 aromatic heterocycles. The van der Waals surface area contributed by atoms with E-state index in [0.717, 1.165) is 10.9 Å². The van der Waals surface area contributed by atoms with Crippen LogP contribution in [0.25, 0.3) is 11.0 Å². The minimum absolute atomic E-state index is 0.0117. The first-order valence-corrected chi connectivity index (χ1v) is 5.56. The molecule has 0 aliphatic carbocycles. The molecule has 0 aliphatic heterocycles. The summed E-state index contributed by atoms with van der Waals surface area (Å²) < 4.78 is 10.4. The van der Waals surface area contributed by atoms with Gasteiger partial charge in [0.25, 0.3) is 0 Å². The Morgan fingerprint density at radius 2 is 2.17 bits per heavy atom. The number of hydrogen-bond acceptors (Lipinski definition) is 5. The van der Waals surface area contributed by atoms with Gasteiger partial charge in [0.15, 0.2) is 0 Å². The Morgan fingerprint density at radius 3 is 2.89 bits per heavy atom. The molecular weight excluding hydrogens is 236 g/mol. The lowest BCUT2D eigenvalue weighted by atomic mass is 10.1. The van der Waals surface area contributed by atoms with Crippen LogP contribution in [0.3, 0.4) is 0 Å². The monoisotopic (exact) mass is 250 g/mol. The van der Waals surface area contributed by atoms with Crippen LogP contribution < -0.4 is 10.4 Å². The van der Waals surface area contributed by atoms with Gasteiger partial charge in [-0.15, -0.1) is 0 Å². The maximum absolute atomic E-state index is 11.2. The summed E-state index contributed by atoms with van der Waals surface area (Å²) in [6.45, 7) is 1.48. The minimum Gasteiger partial charge on any atom is -0.491 e. The van der Waals surface area contributed by atoms with Gasteiger partial charge in [-0.2, -0.15) is 0 Å². The standard InChI is InChI=1S/C13H14O5/c1-8-4-13(16)18-12-3-2-10(5-11(8)12)17-7-9(15)6-14/h2-5,9,14-15H,6-7H2,1H3/t9-/m1/s1. The van der Waals surface area contributed by atoms with E-state index in [9.17, 15) is 9.90 Å². The molecule has 1 aromatic carbocycles. The topological polar surface area (TPSA) is 79.9 Å². The Kier molecular flexibility index (Phi) is 3.64. The quantitative estimate of drug-likeness (QED) is 0.786. The lowest BCUT2D eigenvalue weighted by molar-refractivity contribution is 0.0536. The molecule has 0 bridgehead atoms. The Balaban J connectivity index is 2.30. The highest BCUT2D eigenvalue weighted by atomic mass is 16.5. The van der Waals surface area contributed by atoms with Crippen molar-refractivity contribution < 1.29 is 19.4 Å². The van der Waals surface area contributed by atoms with Crippen LogP contribution in [0.4, 0.5) is 0 Å². The maximum atomic E-state index is 11.2. The molecule has 2 rings (SSSR count). The average Bonchev–Trinajstić information content (AvgIpc) is 2.36. The van der Waals surface area contributed by atoms with Crippen molar-refractivity contribution in [3.8, 4) is 5.75 Å². The molecule has 0 radical (unpaired) electrons. The van der Waals surface area contributed by atoms with Crippen molar-refractivity contribution in [3.63, 3.8) is 0 Å². The third kappa shape index (κ3) is 2.69. The third-order valence-electron chi connectivity index (χ3n) is 2.57. The van der Waals surface area contributed by atoms with Crippen LogP contribution in [-0.2, 0) is 0 Å². The van der Waals surface area contributed by atoms with Crippen molar-refractivity contribution in [2.75, 3.05) is 13.2 Å². The molecule has 5 heteroatoms. The van der Waals surface area contributed by atoms with Gasteiger partial charge < -0.3 is 19.4 Å². The van der Waals surface area contributed by atoms with Gasteiger partial charge in [-0.1, -0.05) is 0 Å². The summed E-state index contributed by atoms with van der Waals surface area (Å²) in [6, 6.07) is 6.44. The van der Waals surface area contributed by atoms with E-state index in [1.807, 2.05) is 6.92 Å². The molecule has 0 spiro atoms. The Hall–Kier alpha value is -1.85. The molecule has 96 valence electrons. The molecule has 0 saturated heterocycles. The number of rotatable bonds is 4. The van der Waals surface area contributed by atoms with Gasteiger partial charge in [-0.3, -0.25) is 0 Å². The number of fused-ring (bicyclic) bond motifs is 1.